The second kappa shape index (κ2) is 7.02. The van der Waals surface area contributed by atoms with E-state index in [4.69, 9.17) is 0 Å². The molecule has 3 rings (SSSR count). The number of rotatable bonds is 4. The number of hydrogen-bond acceptors (Lipinski definition) is 2. The molecule has 0 bridgehead atoms. The molecule has 2 atom stereocenters. The van der Waals surface area contributed by atoms with Crippen molar-refractivity contribution in [3.8, 4) is 0 Å². The van der Waals surface area contributed by atoms with Crippen molar-refractivity contribution in [3.63, 3.8) is 0 Å². The summed E-state index contributed by atoms with van der Waals surface area (Å²) in [5, 5.41) is 8.49. The fraction of sp³-hybridized carbons (Fsp3) is 0.412. The molecule has 5 nitrogen and oxygen atoms in total. The van der Waals surface area contributed by atoms with Crippen LogP contribution < -0.4 is 10.6 Å². The molecule has 2 aromatic rings. The van der Waals surface area contributed by atoms with Gasteiger partial charge in [0, 0.05) is 17.7 Å². The Bertz CT molecular complexity index is 856. The number of halogens is 6. The van der Waals surface area contributed by atoms with Crippen molar-refractivity contribution < 1.29 is 31.1 Å². The molecule has 0 radical (unpaired) electrons. The molecule has 2 N–H and O–H groups in total. The number of aromatic nitrogens is 2. The van der Waals surface area contributed by atoms with E-state index in [9.17, 15) is 31.1 Å². The average Bonchev–Trinajstić information content (AvgIpc) is 3.16. The van der Waals surface area contributed by atoms with E-state index < -0.39 is 30.5 Å². The molecule has 1 saturated carbocycles. The highest BCUT2D eigenvalue weighted by atomic mass is 19.4. The van der Waals surface area contributed by atoms with Crippen LogP contribution in [0.2, 0.25) is 0 Å². The lowest BCUT2D eigenvalue weighted by atomic mass is 10.2. The SMILES string of the molecule is CC1CC1c1cc(NC(=O)Nc2ccc(C(F)(F)F)cc2)n(CC(F)(F)F)n1. The van der Waals surface area contributed by atoms with Gasteiger partial charge in [0.05, 0.1) is 11.3 Å². The van der Waals surface area contributed by atoms with E-state index in [1.54, 1.807) is 0 Å². The molecule has 11 heteroatoms. The number of anilines is 2. The summed E-state index contributed by atoms with van der Waals surface area (Å²) in [5.41, 5.74) is -0.366. The molecule has 1 heterocycles. The quantitative estimate of drug-likeness (QED) is 0.683. The first-order valence-electron chi connectivity index (χ1n) is 8.32. The first-order chi connectivity index (χ1) is 12.9. The zero-order valence-corrected chi connectivity index (χ0v) is 14.5. The molecule has 2 unspecified atom stereocenters. The Morgan fingerprint density at radius 1 is 1.14 bits per heavy atom. The summed E-state index contributed by atoms with van der Waals surface area (Å²) in [7, 11) is 0. The molecule has 2 amide bonds. The van der Waals surface area contributed by atoms with Crippen molar-refractivity contribution in [3.05, 3.63) is 41.6 Å². The van der Waals surface area contributed by atoms with Crippen molar-refractivity contribution >= 4 is 17.5 Å². The van der Waals surface area contributed by atoms with E-state index in [1.807, 2.05) is 6.92 Å². The van der Waals surface area contributed by atoms with Gasteiger partial charge in [0.25, 0.3) is 0 Å². The smallest absolute Gasteiger partial charge is 0.308 e. The maximum atomic E-state index is 12.8. The van der Waals surface area contributed by atoms with Gasteiger partial charge in [-0.3, -0.25) is 5.32 Å². The third-order valence-corrected chi connectivity index (χ3v) is 4.33. The predicted octanol–water partition coefficient (Wildman–Crippen LogP) is 5.23. The van der Waals surface area contributed by atoms with Crippen LogP contribution in [0.1, 0.15) is 30.5 Å². The Morgan fingerprint density at radius 3 is 2.25 bits per heavy atom. The minimum atomic E-state index is -4.53. The Balaban J connectivity index is 1.71. The molecule has 1 aliphatic carbocycles. The largest absolute Gasteiger partial charge is 0.416 e. The number of nitrogens with zero attached hydrogens (tertiary/aromatic N) is 2. The zero-order valence-electron chi connectivity index (χ0n) is 14.5. The van der Waals surface area contributed by atoms with Gasteiger partial charge in [0.2, 0.25) is 0 Å². The van der Waals surface area contributed by atoms with Crippen LogP contribution in [0.3, 0.4) is 0 Å². The summed E-state index contributed by atoms with van der Waals surface area (Å²) in [6.07, 6.45) is -8.24. The van der Waals surface area contributed by atoms with Gasteiger partial charge in [-0.25, -0.2) is 9.48 Å². The van der Waals surface area contributed by atoms with E-state index in [2.05, 4.69) is 15.7 Å². The highest BCUT2D eigenvalue weighted by Gasteiger charge is 2.38. The molecule has 1 aromatic carbocycles. The Hall–Kier alpha value is -2.72. The molecule has 0 saturated heterocycles. The number of amides is 2. The van der Waals surface area contributed by atoms with E-state index in [0.29, 0.717) is 16.3 Å². The standard InChI is InChI=1S/C17H16F6N4O/c1-9-6-12(9)13-7-14(27(26-13)8-16(18,19)20)25-15(28)24-11-4-2-10(3-5-11)17(21,22)23/h2-5,7,9,12H,6,8H2,1H3,(H2,24,25,28). The van der Waals surface area contributed by atoms with E-state index in [-0.39, 0.29) is 17.4 Å². The number of nitrogens with one attached hydrogen (secondary N) is 2. The molecule has 1 aliphatic rings. The van der Waals surface area contributed by atoms with Gasteiger partial charge >= 0.3 is 18.4 Å². The minimum absolute atomic E-state index is 0.0491. The number of carbonyl (C=O) groups excluding carboxylic acids is 1. The summed E-state index contributed by atoms with van der Waals surface area (Å²) in [6.45, 7) is 0.571. The molecule has 1 fully saturated rings. The fourth-order valence-corrected chi connectivity index (χ4v) is 2.76. The number of hydrogen-bond donors (Lipinski definition) is 2. The van der Waals surface area contributed by atoms with Crippen LogP contribution in [0.25, 0.3) is 0 Å². The Morgan fingerprint density at radius 2 is 1.75 bits per heavy atom. The van der Waals surface area contributed by atoms with Crippen LogP contribution in [0, 0.1) is 5.92 Å². The van der Waals surface area contributed by atoms with Gasteiger partial charge in [0.15, 0.2) is 0 Å². The van der Waals surface area contributed by atoms with Crippen LogP contribution in [-0.2, 0) is 12.7 Å². The predicted molar refractivity (Wildman–Crippen MR) is 88.9 cm³/mol. The highest BCUT2D eigenvalue weighted by Crippen LogP contribution is 2.46. The third-order valence-electron chi connectivity index (χ3n) is 4.33. The lowest BCUT2D eigenvalue weighted by Gasteiger charge is -2.12. The van der Waals surface area contributed by atoms with Gasteiger partial charge < -0.3 is 5.32 Å². The van der Waals surface area contributed by atoms with Gasteiger partial charge in [-0.1, -0.05) is 6.92 Å². The summed E-state index contributed by atoms with van der Waals surface area (Å²) in [6, 6.07) is 4.16. The first kappa shape index (κ1) is 20.0. The molecule has 0 spiro atoms. The number of carbonyl (C=O) groups is 1. The van der Waals surface area contributed by atoms with Crippen molar-refractivity contribution in [2.24, 2.45) is 5.92 Å². The summed E-state index contributed by atoms with van der Waals surface area (Å²) in [4.78, 5) is 12.1. The van der Waals surface area contributed by atoms with Gasteiger partial charge in [-0.05, 0) is 36.6 Å². The Kier molecular flexibility index (Phi) is 5.02. The highest BCUT2D eigenvalue weighted by molar-refractivity contribution is 5.99. The molecule has 1 aromatic heterocycles. The van der Waals surface area contributed by atoms with Crippen LogP contribution in [0.4, 0.5) is 42.6 Å². The van der Waals surface area contributed by atoms with Crippen molar-refractivity contribution in [2.75, 3.05) is 10.6 Å². The van der Waals surface area contributed by atoms with Crippen molar-refractivity contribution in [2.45, 2.75) is 38.2 Å². The maximum absolute atomic E-state index is 12.8. The average molecular weight is 406 g/mol. The maximum Gasteiger partial charge on any atom is 0.416 e. The Labute approximate surface area is 155 Å². The zero-order chi connectivity index (χ0) is 20.7. The molecule has 28 heavy (non-hydrogen) atoms. The number of alkyl halides is 6. The fourth-order valence-electron chi connectivity index (χ4n) is 2.76. The van der Waals surface area contributed by atoms with E-state index >= 15 is 0 Å². The summed E-state index contributed by atoms with van der Waals surface area (Å²) in [5.74, 6) is 0.215. The number of urea groups is 1. The van der Waals surface area contributed by atoms with E-state index in [0.717, 1.165) is 30.7 Å². The van der Waals surface area contributed by atoms with Crippen LogP contribution in [0.5, 0.6) is 0 Å². The van der Waals surface area contributed by atoms with Gasteiger partial charge in [0.1, 0.15) is 12.4 Å². The molecule has 152 valence electrons. The second-order valence-electron chi connectivity index (χ2n) is 6.70. The second-order valence-corrected chi connectivity index (χ2v) is 6.70. The molecule has 0 aliphatic heterocycles. The van der Waals surface area contributed by atoms with Gasteiger partial charge in [-0.15, -0.1) is 0 Å². The minimum Gasteiger partial charge on any atom is -0.308 e. The molecular weight excluding hydrogens is 390 g/mol. The third kappa shape index (κ3) is 4.96. The number of benzene rings is 1. The topological polar surface area (TPSA) is 59.0 Å². The van der Waals surface area contributed by atoms with Gasteiger partial charge in [-0.2, -0.15) is 31.4 Å². The van der Waals surface area contributed by atoms with Crippen molar-refractivity contribution in [1.82, 2.24) is 9.78 Å². The lowest BCUT2D eigenvalue weighted by Crippen LogP contribution is -2.25. The van der Waals surface area contributed by atoms with Crippen LogP contribution in [-0.4, -0.2) is 22.0 Å². The first-order valence-corrected chi connectivity index (χ1v) is 8.32. The lowest BCUT2D eigenvalue weighted by molar-refractivity contribution is -0.142. The van der Waals surface area contributed by atoms with E-state index in [1.165, 1.54) is 6.07 Å². The summed E-state index contributed by atoms with van der Waals surface area (Å²) >= 11 is 0. The van der Waals surface area contributed by atoms with Crippen LogP contribution >= 0.6 is 0 Å². The van der Waals surface area contributed by atoms with Crippen LogP contribution in [0.15, 0.2) is 30.3 Å². The normalized spacial score (nSPS) is 19.4. The monoisotopic (exact) mass is 406 g/mol. The molecular formula is C17H16F6N4O. The summed E-state index contributed by atoms with van der Waals surface area (Å²) < 4.78 is 76.6. The van der Waals surface area contributed by atoms with Crippen molar-refractivity contribution in [1.29, 1.82) is 0 Å².